The molecule has 0 spiro atoms. The minimum absolute atomic E-state index is 0.497. The number of ether oxygens (including phenoxy) is 1. The lowest BCUT2D eigenvalue weighted by Crippen LogP contribution is -2.46. The molecule has 1 aromatic carbocycles. The summed E-state index contributed by atoms with van der Waals surface area (Å²) in [6, 6.07) is 9.00. The maximum absolute atomic E-state index is 12.1. The van der Waals surface area contributed by atoms with Crippen molar-refractivity contribution in [2.24, 2.45) is 0 Å². The molecule has 118 valence electrons. The lowest BCUT2D eigenvalue weighted by atomic mass is 9.84. The maximum atomic E-state index is 12.1. The van der Waals surface area contributed by atoms with Gasteiger partial charge in [-0.2, -0.15) is 0 Å². The second kappa shape index (κ2) is 6.94. The van der Waals surface area contributed by atoms with Crippen LogP contribution in [-0.2, 0) is 4.74 Å². The lowest BCUT2D eigenvalue weighted by Gasteiger charge is -2.36. The van der Waals surface area contributed by atoms with E-state index >= 15 is 0 Å². The van der Waals surface area contributed by atoms with Crippen molar-refractivity contribution < 1.29 is 14.6 Å². The van der Waals surface area contributed by atoms with Gasteiger partial charge in [0.05, 0.1) is 11.6 Å². The third-order valence-corrected chi connectivity index (χ3v) is 3.56. The monoisotopic (exact) mass is 293 g/mol. The molecule has 0 saturated heterocycles. The fourth-order valence-electron chi connectivity index (χ4n) is 2.26. The predicted molar refractivity (Wildman–Crippen MR) is 84.1 cm³/mol. The minimum atomic E-state index is -1.00. The van der Waals surface area contributed by atoms with Crippen molar-refractivity contribution >= 4 is 6.09 Å². The summed E-state index contributed by atoms with van der Waals surface area (Å²) in [4.78, 5) is 12.1. The molecule has 0 bridgehead atoms. The van der Waals surface area contributed by atoms with Crippen LogP contribution in [0.3, 0.4) is 0 Å². The van der Waals surface area contributed by atoms with Crippen LogP contribution in [0.2, 0.25) is 0 Å². The van der Waals surface area contributed by atoms with E-state index in [4.69, 9.17) is 4.74 Å². The van der Waals surface area contributed by atoms with E-state index in [1.165, 1.54) is 0 Å². The summed E-state index contributed by atoms with van der Waals surface area (Å²) in [6.45, 7) is 9.27. The van der Waals surface area contributed by atoms with Gasteiger partial charge in [-0.1, -0.05) is 44.2 Å². The molecule has 1 rings (SSSR count). The molecule has 0 fully saturated rings. The van der Waals surface area contributed by atoms with E-state index in [0.29, 0.717) is 12.8 Å². The van der Waals surface area contributed by atoms with Gasteiger partial charge in [0.15, 0.2) is 0 Å². The second-order valence-corrected chi connectivity index (χ2v) is 6.30. The molecule has 0 radical (unpaired) electrons. The molecular weight excluding hydrogens is 266 g/mol. The van der Waals surface area contributed by atoms with Crippen molar-refractivity contribution in [3.63, 3.8) is 0 Å². The van der Waals surface area contributed by atoms with Crippen LogP contribution in [0.4, 0.5) is 4.79 Å². The van der Waals surface area contributed by atoms with Crippen LogP contribution in [0.25, 0.3) is 0 Å². The molecule has 0 heterocycles. The zero-order chi connectivity index (χ0) is 16.1. The molecule has 0 aliphatic rings. The molecule has 1 atom stereocenters. The highest BCUT2D eigenvalue weighted by Gasteiger charge is 2.36. The molecule has 0 aromatic heterocycles. The Bertz CT molecular complexity index is 447. The van der Waals surface area contributed by atoms with Crippen molar-refractivity contribution in [2.45, 2.75) is 64.7 Å². The van der Waals surface area contributed by atoms with E-state index in [9.17, 15) is 9.90 Å². The fourth-order valence-corrected chi connectivity index (χ4v) is 2.26. The van der Waals surface area contributed by atoms with Gasteiger partial charge < -0.3 is 15.2 Å². The molecule has 0 saturated carbocycles. The highest BCUT2D eigenvalue weighted by Crippen LogP contribution is 2.32. The van der Waals surface area contributed by atoms with Gasteiger partial charge in [0.25, 0.3) is 0 Å². The number of hydrogen-bond acceptors (Lipinski definition) is 3. The molecule has 0 aliphatic heterocycles. The van der Waals surface area contributed by atoms with Crippen LogP contribution < -0.4 is 5.32 Å². The molecule has 1 amide bonds. The normalized spacial score (nSPS) is 13.6. The predicted octanol–water partition coefficient (Wildman–Crippen LogP) is 3.80. The van der Waals surface area contributed by atoms with Gasteiger partial charge in [-0.25, -0.2) is 4.79 Å². The number of carbonyl (C=O) groups is 1. The van der Waals surface area contributed by atoms with Crippen LogP contribution >= 0.6 is 0 Å². The number of amides is 1. The molecule has 0 unspecified atom stereocenters. The van der Waals surface area contributed by atoms with Gasteiger partial charge in [-0.15, -0.1) is 0 Å². The number of rotatable bonds is 5. The summed E-state index contributed by atoms with van der Waals surface area (Å²) in [5.41, 5.74) is -0.699. The van der Waals surface area contributed by atoms with Gasteiger partial charge in [0.1, 0.15) is 5.60 Å². The van der Waals surface area contributed by atoms with Crippen LogP contribution in [0.1, 0.15) is 59.1 Å². The Hall–Kier alpha value is -1.55. The maximum Gasteiger partial charge on any atom is 0.408 e. The lowest BCUT2D eigenvalue weighted by molar-refractivity contribution is -0.0144. The standard InChI is InChI=1S/C17H27NO3/c1-6-17(20,7-2)14(13-11-9-8-10-12-13)18-15(19)21-16(3,4)5/h8-12,14,20H,6-7H2,1-5H3,(H,18,19)/t14-/m0/s1. The van der Waals surface area contributed by atoms with Crippen molar-refractivity contribution in [2.75, 3.05) is 0 Å². The summed E-state index contributed by atoms with van der Waals surface area (Å²) < 4.78 is 5.31. The summed E-state index contributed by atoms with van der Waals surface area (Å²) >= 11 is 0. The zero-order valence-corrected chi connectivity index (χ0v) is 13.6. The number of nitrogens with one attached hydrogen (secondary N) is 1. The molecule has 1 aromatic rings. The molecule has 4 heteroatoms. The Kier molecular flexibility index (Phi) is 5.78. The van der Waals surface area contributed by atoms with Gasteiger partial charge in [-0.05, 0) is 39.2 Å². The Morgan fingerprint density at radius 2 is 1.71 bits per heavy atom. The van der Waals surface area contributed by atoms with Crippen molar-refractivity contribution in [1.29, 1.82) is 0 Å². The third-order valence-electron chi connectivity index (χ3n) is 3.56. The number of hydrogen-bond donors (Lipinski definition) is 2. The Morgan fingerprint density at radius 3 is 2.14 bits per heavy atom. The third kappa shape index (κ3) is 5.05. The molecule has 21 heavy (non-hydrogen) atoms. The van der Waals surface area contributed by atoms with E-state index in [1.807, 2.05) is 65.0 Å². The summed E-state index contributed by atoms with van der Waals surface area (Å²) in [5.74, 6) is 0. The number of alkyl carbamates (subject to hydrolysis) is 1. The summed E-state index contributed by atoms with van der Waals surface area (Å²) in [7, 11) is 0. The van der Waals surface area contributed by atoms with Crippen LogP contribution in [-0.4, -0.2) is 22.4 Å². The van der Waals surface area contributed by atoms with Gasteiger partial charge in [-0.3, -0.25) is 0 Å². The largest absolute Gasteiger partial charge is 0.444 e. The Balaban J connectivity index is 3.01. The topological polar surface area (TPSA) is 58.6 Å². The van der Waals surface area contributed by atoms with Crippen LogP contribution in [0.15, 0.2) is 30.3 Å². The van der Waals surface area contributed by atoms with Gasteiger partial charge >= 0.3 is 6.09 Å². The smallest absolute Gasteiger partial charge is 0.408 e. The van der Waals surface area contributed by atoms with Gasteiger partial charge in [0.2, 0.25) is 0 Å². The average molecular weight is 293 g/mol. The van der Waals surface area contributed by atoms with Gasteiger partial charge in [0, 0.05) is 0 Å². The zero-order valence-electron chi connectivity index (χ0n) is 13.6. The summed E-state index contributed by atoms with van der Waals surface area (Å²) in [6.07, 6.45) is 0.564. The fraction of sp³-hybridized carbons (Fsp3) is 0.588. The first-order valence-electron chi connectivity index (χ1n) is 7.48. The van der Waals surface area contributed by atoms with Crippen molar-refractivity contribution in [1.82, 2.24) is 5.32 Å². The highest BCUT2D eigenvalue weighted by molar-refractivity contribution is 5.68. The SMILES string of the molecule is CCC(O)(CC)[C@@H](NC(=O)OC(C)(C)C)c1ccccc1. The van der Waals surface area contributed by atoms with E-state index in [1.54, 1.807) is 0 Å². The number of aliphatic hydroxyl groups is 1. The Morgan fingerprint density at radius 1 is 1.19 bits per heavy atom. The first-order valence-corrected chi connectivity index (χ1v) is 7.48. The first-order chi connectivity index (χ1) is 9.72. The molecular formula is C17H27NO3. The Labute approximate surface area is 127 Å². The number of carbonyl (C=O) groups excluding carboxylic acids is 1. The molecule has 4 nitrogen and oxygen atoms in total. The molecule has 0 aliphatic carbocycles. The van der Waals surface area contributed by atoms with Crippen LogP contribution in [0.5, 0.6) is 0 Å². The van der Waals surface area contributed by atoms with E-state index in [2.05, 4.69) is 5.32 Å². The van der Waals surface area contributed by atoms with E-state index in [0.717, 1.165) is 5.56 Å². The van der Waals surface area contributed by atoms with E-state index in [-0.39, 0.29) is 0 Å². The average Bonchev–Trinajstić information content (AvgIpc) is 2.43. The van der Waals surface area contributed by atoms with Crippen molar-refractivity contribution in [3.8, 4) is 0 Å². The van der Waals surface area contributed by atoms with Crippen LogP contribution in [0, 0.1) is 0 Å². The first kappa shape index (κ1) is 17.5. The van der Waals surface area contributed by atoms with Crippen molar-refractivity contribution in [3.05, 3.63) is 35.9 Å². The minimum Gasteiger partial charge on any atom is -0.444 e. The molecule has 2 N–H and O–H groups in total. The highest BCUT2D eigenvalue weighted by atomic mass is 16.6. The van der Waals surface area contributed by atoms with E-state index < -0.39 is 23.3 Å². The quantitative estimate of drug-likeness (QED) is 0.868. The summed E-state index contributed by atoms with van der Waals surface area (Å²) in [5, 5.41) is 13.6. The number of benzene rings is 1. The second-order valence-electron chi connectivity index (χ2n) is 6.30.